The highest BCUT2D eigenvalue weighted by Crippen LogP contribution is 2.24. The number of para-hydroxylation sites is 1. The second-order valence-corrected chi connectivity index (χ2v) is 6.44. The zero-order chi connectivity index (χ0) is 16.9. The molecule has 1 saturated heterocycles. The van der Waals surface area contributed by atoms with Gasteiger partial charge in [0.1, 0.15) is 17.7 Å². The molecule has 2 heterocycles. The number of H-pyrrole nitrogens is 1. The van der Waals surface area contributed by atoms with Crippen molar-refractivity contribution in [1.82, 2.24) is 19.8 Å². The van der Waals surface area contributed by atoms with Gasteiger partial charge < -0.3 is 19.4 Å². The Morgan fingerprint density at radius 3 is 3.00 bits per heavy atom. The van der Waals surface area contributed by atoms with Crippen molar-refractivity contribution in [2.45, 2.75) is 19.2 Å². The van der Waals surface area contributed by atoms with Gasteiger partial charge in [0, 0.05) is 43.6 Å². The van der Waals surface area contributed by atoms with Gasteiger partial charge in [0.25, 0.3) is 0 Å². The van der Waals surface area contributed by atoms with Crippen LogP contribution in [0, 0.1) is 0 Å². The molecule has 1 aliphatic heterocycles. The van der Waals surface area contributed by atoms with Crippen LogP contribution in [-0.2, 0) is 17.8 Å². The van der Waals surface area contributed by atoms with E-state index in [-0.39, 0.29) is 6.10 Å². The van der Waals surface area contributed by atoms with Gasteiger partial charge in [-0.3, -0.25) is 4.90 Å². The molecule has 0 bridgehead atoms. The molecule has 0 unspecified atom stereocenters. The van der Waals surface area contributed by atoms with Crippen molar-refractivity contribution in [3.05, 3.63) is 47.5 Å². The summed E-state index contributed by atoms with van der Waals surface area (Å²) in [5.74, 6) is 1.85. The number of imidazole rings is 1. The van der Waals surface area contributed by atoms with Crippen LogP contribution in [0.4, 0.5) is 0 Å². The fraction of sp³-hybridized carbons (Fsp3) is 0.500. The highest BCUT2D eigenvalue weighted by molar-refractivity contribution is 5.33. The maximum atomic E-state index is 5.93. The highest BCUT2D eigenvalue weighted by atomic mass is 16.5. The molecule has 6 nitrogen and oxygen atoms in total. The van der Waals surface area contributed by atoms with Crippen molar-refractivity contribution in [2.75, 3.05) is 40.9 Å². The van der Waals surface area contributed by atoms with E-state index < -0.39 is 0 Å². The molecule has 0 amide bonds. The van der Waals surface area contributed by atoms with Gasteiger partial charge in [-0.25, -0.2) is 4.98 Å². The summed E-state index contributed by atoms with van der Waals surface area (Å²) >= 11 is 0. The first kappa shape index (κ1) is 17.0. The molecule has 0 aliphatic carbocycles. The van der Waals surface area contributed by atoms with Gasteiger partial charge in [-0.1, -0.05) is 18.2 Å². The van der Waals surface area contributed by atoms with Gasteiger partial charge in [0.15, 0.2) is 0 Å². The summed E-state index contributed by atoms with van der Waals surface area (Å²) in [5.41, 5.74) is 2.31. The molecule has 1 fully saturated rings. The van der Waals surface area contributed by atoms with Crippen LogP contribution < -0.4 is 4.74 Å². The number of hydrogen-bond acceptors (Lipinski definition) is 5. The summed E-state index contributed by atoms with van der Waals surface area (Å²) in [6, 6.07) is 8.17. The second-order valence-electron chi connectivity index (χ2n) is 6.44. The van der Waals surface area contributed by atoms with E-state index in [1.807, 2.05) is 32.4 Å². The summed E-state index contributed by atoms with van der Waals surface area (Å²) < 4.78 is 11.4. The minimum atomic E-state index is -0.00984. The third kappa shape index (κ3) is 4.14. The zero-order valence-electron chi connectivity index (χ0n) is 14.7. The molecular formula is C18H26N4O2. The van der Waals surface area contributed by atoms with Crippen molar-refractivity contribution < 1.29 is 9.47 Å². The maximum Gasteiger partial charge on any atom is 0.136 e. The predicted molar refractivity (Wildman–Crippen MR) is 92.9 cm³/mol. The average molecular weight is 330 g/mol. The monoisotopic (exact) mass is 330 g/mol. The topological polar surface area (TPSA) is 53.6 Å². The number of aromatic nitrogens is 2. The van der Waals surface area contributed by atoms with Crippen LogP contribution >= 0.6 is 0 Å². The van der Waals surface area contributed by atoms with Gasteiger partial charge in [0.05, 0.1) is 13.7 Å². The third-order valence-corrected chi connectivity index (χ3v) is 4.18. The highest BCUT2D eigenvalue weighted by Gasteiger charge is 2.25. The Balaban J connectivity index is 1.65. The van der Waals surface area contributed by atoms with Crippen molar-refractivity contribution in [1.29, 1.82) is 0 Å². The number of ether oxygens (including phenoxy) is 2. The maximum absolute atomic E-state index is 5.93. The Labute approximate surface area is 143 Å². The first-order valence-electron chi connectivity index (χ1n) is 8.30. The molecule has 1 aromatic heterocycles. The number of benzene rings is 1. The van der Waals surface area contributed by atoms with Crippen LogP contribution in [0.1, 0.15) is 23.2 Å². The standard InChI is InChI=1S/C18H26N4O2/c1-21(2)12-15-10-19-18(20-15)17-13-22(8-9-24-17)11-14-6-4-5-7-16(14)23-3/h4-7,10,17H,8-9,11-13H2,1-3H3,(H,19,20)/t17-/m0/s1. The Hall–Kier alpha value is -1.89. The summed E-state index contributed by atoms with van der Waals surface area (Å²) in [7, 11) is 5.81. The van der Waals surface area contributed by atoms with Gasteiger partial charge in [-0.05, 0) is 20.2 Å². The van der Waals surface area contributed by atoms with E-state index in [1.54, 1.807) is 7.11 Å². The van der Waals surface area contributed by atoms with Crippen LogP contribution in [0.3, 0.4) is 0 Å². The zero-order valence-corrected chi connectivity index (χ0v) is 14.7. The SMILES string of the molecule is COc1ccccc1CN1CCO[C@H](c2ncc(CN(C)C)[nH]2)C1. The van der Waals surface area contributed by atoms with Gasteiger partial charge in [-0.15, -0.1) is 0 Å². The van der Waals surface area contributed by atoms with Gasteiger partial charge >= 0.3 is 0 Å². The molecule has 1 aliphatic rings. The number of methoxy groups -OCH3 is 1. The van der Waals surface area contributed by atoms with E-state index in [9.17, 15) is 0 Å². The smallest absolute Gasteiger partial charge is 0.136 e. The summed E-state index contributed by atoms with van der Waals surface area (Å²) in [6.07, 6.45) is 1.89. The molecule has 24 heavy (non-hydrogen) atoms. The molecule has 0 radical (unpaired) electrons. The Morgan fingerprint density at radius 1 is 1.38 bits per heavy atom. The summed E-state index contributed by atoms with van der Waals surface area (Å²) in [5, 5.41) is 0. The normalized spacial score (nSPS) is 18.9. The van der Waals surface area contributed by atoms with Crippen LogP contribution in [0.5, 0.6) is 5.75 Å². The molecule has 1 N–H and O–H groups in total. The molecule has 1 atom stereocenters. The van der Waals surface area contributed by atoms with E-state index in [2.05, 4.69) is 31.9 Å². The minimum absolute atomic E-state index is 0.00984. The fourth-order valence-corrected chi connectivity index (χ4v) is 3.05. The summed E-state index contributed by atoms with van der Waals surface area (Å²) in [4.78, 5) is 12.4. The molecule has 1 aromatic carbocycles. The van der Waals surface area contributed by atoms with Crippen molar-refractivity contribution in [2.24, 2.45) is 0 Å². The lowest BCUT2D eigenvalue weighted by Crippen LogP contribution is -2.38. The van der Waals surface area contributed by atoms with Crippen LogP contribution in [0.2, 0.25) is 0 Å². The van der Waals surface area contributed by atoms with Crippen molar-refractivity contribution in [3.8, 4) is 5.75 Å². The van der Waals surface area contributed by atoms with E-state index in [0.29, 0.717) is 6.61 Å². The summed E-state index contributed by atoms with van der Waals surface area (Å²) in [6.45, 7) is 4.16. The number of rotatable bonds is 6. The number of aromatic amines is 1. The quantitative estimate of drug-likeness (QED) is 0.878. The average Bonchev–Trinajstić information content (AvgIpc) is 3.03. The van der Waals surface area contributed by atoms with Crippen LogP contribution in [0.15, 0.2) is 30.5 Å². The lowest BCUT2D eigenvalue weighted by molar-refractivity contribution is -0.0370. The van der Waals surface area contributed by atoms with Crippen LogP contribution in [-0.4, -0.2) is 60.7 Å². The number of hydrogen-bond donors (Lipinski definition) is 1. The number of morpholine rings is 1. The Kier molecular flexibility index (Phi) is 5.50. The van der Waals surface area contributed by atoms with Gasteiger partial charge in [-0.2, -0.15) is 0 Å². The number of nitrogens with one attached hydrogen (secondary N) is 1. The van der Waals surface area contributed by atoms with E-state index in [4.69, 9.17) is 9.47 Å². The predicted octanol–water partition coefficient (Wildman–Crippen LogP) is 2.05. The number of nitrogens with zero attached hydrogens (tertiary/aromatic N) is 3. The molecule has 130 valence electrons. The van der Waals surface area contributed by atoms with Crippen molar-refractivity contribution >= 4 is 0 Å². The Bertz CT molecular complexity index is 656. The lowest BCUT2D eigenvalue weighted by Gasteiger charge is -2.32. The molecule has 0 spiro atoms. The first-order valence-corrected chi connectivity index (χ1v) is 8.30. The first-order chi connectivity index (χ1) is 11.7. The molecule has 0 saturated carbocycles. The lowest BCUT2D eigenvalue weighted by atomic mass is 10.1. The molecule has 3 rings (SSSR count). The second kappa shape index (κ2) is 7.79. The minimum Gasteiger partial charge on any atom is -0.496 e. The molecular weight excluding hydrogens is 304 g/mol. The van der Waals surface area contributed by atoms with Crippen LogP contribution in [0.25, 0.3) is 0 Å². The van der Waals surface area contributed by atoms with Crippen molar-refractivity contribution in [3.63, 3.8) is 0 Å². The molecule has 2 aromatic rings. The fourth-order valence-electron chi connectivity index (χ4n) is 3.05. The van der Waals surface area contributed by atoms with E-state index >= 15 is 0 Å². The Morgan fingerprint density at radius 2 is 2.21 bits per heavy atom. The van der Waals surface area contributed by atoms with E-state index in [0.717, 1.165) is 43.4 Å². The van der Waals surface area contributed by atoms with E-state index in [1.165, 1.54) is 5.56 Å². The van der Waals surface area contributed by atoms with Gasteiger partial charge in [0.2, 0.25) is 0 Å². The third-order valence-electron chi connectivity index (χ3n) is 4.18. The largest absolute Gasteiger partial charge is 0.496 e. The molecule has 6 heteroatoms.